The number of alkyl carbamates (subject to hydrolysis) is 2. The van der Waals surface area contributed by atoms with Gasteiger partial charge in [0, 0.05) is 62.4 Å². The van der Waals surface area contributed by atoms with Crippen LogP contribution in [-0.2, 0) is 49.5 Å². The van der Waals surface area contributed by atoms with Gasteiger partial charge in [-0.05, 0) is 159 Å². The van der Waals surface area contributed by atoms with E-state index in [0.717, 1.165) is 48.5 Å². The number of aromatic hydroxyl groups is 5. The van der Waals surface area contributed by atoms with Crippen LogP contribution >= 0.6 is 23.2 Å². The molecule has 32 nitrogen and oxygen atoms in total. The summed E-state index contributed by atoms with van der Waals surface area (Å²) in [5.41, 5.74) is 1.86. The molecule has 0 radical (unpaired) electrons. The topological polar surface area (TPSA) is 477 Å². The minimum atomic E-state index is -2.21. The molecule has 13 rings (SSSR count). The summed E-state index contributed by atoms with van der Waals surface area (Å²) in [7, 11) is 0. The fraction of sp³-hybridized carbons (Fsp3) is 0.311. The number of halogens is 2. The number of nitrogens with one attached hydrogen (secondary N) is 10. The molecule has 0 unspecified atom stereocenters. The molecule has 108 heavy (non-hydrogen) atoms. The Morgan fingerprint density at radius 2 is 1.11 bits per heavy atom. The van der Waals surface area contributed by atoms with Gasteiger partial charge in [0.05, 0.1) is 10.0 Å². The largest absolute Gasteiger partial charge is 0.508 e. The van der Waals surface area contributed by atoms with E-state index < -0.39 is 159 Å². The van der Waals surface area contributed by atoms with Crippen molar-refractivity contribution >= 4 is 76.7 Å². The van der Waals surface area contributed by atoms with E-state index in [1.807, 2.05) is 0 Å². The summed E-state index contributed by atoms with van der Waals surface area (Å²) in [5, 5.41) is 96.3. The average Bonchev–Trinajstić information content (AvgIpc) is 0.766. The summed E-state index contributed by atoms with van der Waals surface area (Å²) < 4.78 is 36.8. The Kier molecular flexibility index (Phi) is 22.9. The third-order valence-electron chi connectivity index (χ3n) is 17.0. The molecule has 0 fully saturated rings. The van der Waals surface area contributed by atoms with Crippen molar-refractivity contribution in [1.82, 2.24) is 53.2 Å². The predicted molar refractivity (Wildman–Crippen MR) is 385 cm³/mol. The highest BCUT2D eigenvalue weighted by Gasteiger charge is 2.42. The molecule has 9 amide bonds. The number of benzene rings is 7. The number of ether oxygens (including phenoxy) is 6. The maximum absolute atomic E-state index is 16.3. The van der Waals surface area contributed by atoms with Crippen LogP contribution in [0.25, 0.3) is 11.1 Å². The van der Waals surface area contributed by atoms with Gasteiger partial charge < -0.3 is 118 Å². The first-order valence-corrected chi connectivity index (χ1v) is 34.6. The standard InChI is InChI=1S/C74H77Cl2N11O21/c1-73(2,3)107-71(101)80-18-17-79-65(95)60-43-31-40(89)32-49(92)55(43)42-25-34(8-11-47(42)90)56-67(97)86-61(70(100)85-60)62(93)36-10-14-51(45(76)26-36)106-54-29-38-28-53(63(54)103-20-19-78-16-15-77)105-50-13-7-33(21-44(50)75)22-46-64(94)82-58(68(98)84-59(38)69(99)83-56)37-23-39(88)30-41(24-37)104-52-27-35(9-12-48(52)91)57(66(96)81-46)87-72(102)108-74(4,5)6/h7-14,21,23-32,46,56-62,78,88-93H,15-20,22,77H2,1-6H3,(H,79,95)(H,80,101)(H,81,96)(H,82,94)(H,83,99)(H,84,98)(H,85,100)(H,86,97)(H,87,102)/t46-,56-,57+,58+,59-,60-,61+,62-/m1/s1. The van der Waals surface area contributed by atoms with Gasteiger partial charge >= 0.3 is 12.2 Å². The molecule has 34 heteroatoms. The minimum absolute atomic E-state index is 0.00696. The summed E-state index contributed by atoms with van der Waals surface area (Å²) in [6.45, 7) is 9.67. The zero-order valence-corrected chi connectivity index (χ0v) is 60.2. The molecular weight excluding hydrogens is 1450 g/mol. The highest BCUT2D eigenvalue weighted by atomic mass is 35.5. The number of phenols is 5. The average molecular weight is 1530 g/mol. The van der Waals surface area contributed by atoms with E-state index in [1.54, 1.807) is 41.5 Å². The molecular formula is C74H77Cl2N11O21. The molecule has 0 saturated heterocycles. The van der Waals surface area contributed by atoms with Gasteiger partial charge in [0.25, 0.3) is 0 Å². The third-order valence-corrected chi connectivity index (χ3v) is 17.6. The molecule has 7 aromatic carbocycles. The number of amides is 9. The molecule has 7 aromatic rings. The first kappa shape index (κ1) is 77.1. The number of hydrogen-bond donors (Lipinski definition) is 17. The van der Waals surface area contributed by atoms with Gasteiger partial charge in [-0.25, -0.2) is 9.59 Å². The minimum Gasteiger partial charge on any atom is -0.508 e. The Labute approximate surface area is 626 Å². The summed E-state index contributed by atoms with van der Waals surface area (Å²) in [6.07, 6.45) is -4.50. The van der Waals surface area contributed by atoms with Gasteiger partial charge in [-0.3, -0.25) is 33.6 Å². The van der Waals surface area contributed by atoms with Crippen molar-refractivity contribution < 1.29 is 102 Å². The smallest absolute Gasteiger partial charge is 0.408 e. The van der Waals surface area contributed by atoms with Crippen molar-refractivity contribution in [2.75, 3.05) is 39.3 Å². The van der Waals surface area contributed by atoms with Gasteiger partial charge in [0.15, 0.2) is 23.0 Å². The van der Waals surface area contributed by atoms with Crippen molar-refractivity contribution in [1.29, 1.82) is 0 Å². The second-order valence-corrected chi connectivity index (χ2v) is 28.3. The Morgan fingerprint density at radius 1 is 0.528 bits per heavy atom. The van der Waals surface area contributed by atoms with E-state index in [4.69, 9.17) is 57.4 Å². The number of carbonyl (C=O) groups is 9. The first-order chi connectivity index (χ1) is 51.2. The molecule has 17 bridgehead atoms. The Morgan fingerprint density at radius 3 is 1.78 bits per heavy atom. The molecule has 0 spiro atoms. The highest BCUT2D eigenvalue weighted by Crippen LogP contribution is 2.49. The monoisotopic (exact) mass is 1530 g/mol. The Balaban J connectivity index is 1.12. The number of hydrogen-bond acceptors (Lipinski definition) is 23. The second kappa shape index (κ2) is 32.0. The van der Waals surface area contributed by atoms with Crippen LogP contribution in [-0.4, -0.2) is 147 Å². The lowest BCUT2D eigenvalue weighted by Gasteiger charge is -2.32. The third kappa shape index (κ3) is 18.1. The van der Waals surface area contributed by atoms with Crippen molar-refractivity contribution in [2.45, 2.75) is 108 Å². The molecule has 0 aromatic heterocycles. The van der Waals surface area contributed by atoms with E-state index in [0.29, 0.717) is 6.54 Å². The van der Waals surface area contributed by atoms with Crippen LogP contribution in [0.1, 0.15) is 117 Å². The van der Waals surface area contributed by atoms with Crippen LogP contribution in [0.15, 0.2) is 115 Å². The van der Waals surface area contributed by atoms with Crippen LogP contribution in [0, 0.1) is 0 Å². The van der Waals surface area contributed by atoms with Crippen molar-refractivity contribution in [3.05, 3.63) is 164 Å². The Hall–Kier alpha value is -12.0. The van der Waals surface area contributed by atoms with Gasteiger partial charge in [-0.2, -0.15) is 0 Å². The van der Waals surface area contributed by atoms with Crippen LogP contribution in [0.5, 0.6) is 69.0 Å². The predicted octanol–water partition coefficient (Wildman–Crippen LogP) is 6.33. The van der Waals surface area contributed by atoms with Crippen LogP contribution < -0.4 is 77.8 Å². The van der Waals surface area contributed by atoms with Crippen LogP contribution in [0.3, 0.4) is 0 Å². The Bertz CT molecular complexity index is 4740. The van der Waals surface area contributed by atoms with Gasteiger partial charge in [0.2, 0.25) is 47.1 Å². The maximum atomic E-state index is 16.3. The first-order valence-electron chi connectivity index (χ1n) is 33.8. The van der Waals surface area contributed by atoms with E-state index >= 15 is 24.0 Å². The van der Waals surface area contributed by atoms with Gasteiger partial charge in [-0.15, -0.1) is 0 Å². The fourth-order valence-corrected chi connectivity index (χ4v) is 12.6. The van der Waals surface area contributed by atoms with E-state index in [1.165, 1.54) is 66.7 Å². The van der Waals surface area contributed by atoms with Gasteiger partial charge in [0.1, 0.15) is 106 Å². The van der Waals surface area contributed by atoms with Crippen LogP contribution in [0.4, 0.5) is 9.59 Å². The zero-order valence-electron chi connectivity index (χ0n) is 58.7. The molecule has 0 saturated carbocycles. The number of aliphatic hydroxyl groups excluding tert-OH is 1. The summed E-state index contributed by atoms with van der Waals surface area (Å²) in [6, 6.07) is 8.56. The van der Waals surface area contributed by atoms with Gasteiger partial charge in [-0.1, -0.05) is 47.5 Å². The molecule has 6 aliphatic heterocycles. The molecule has 18 N–H and O–H groups in total. The molecule has 0 aliphatic carbocycles. The summed E-state index contributed by atoms with van der Waals surface area (Å²) >= 11 is 14.3. The SMILES string of the molecule is CC(C)(C)OC(=O)NCCNC(=O)[C@@H]1NC(=O)[C@H]2NC(=O)[C@H](NC(=O)[C@@H]3NC(=O)[C@H]4NC(=O)[C@@H](Cc5ccc(c(Cl)c5)Oc5cc3cc(c5OCCNCCN)Oc3ccc(cc3Cl)[C@H]2O)NC(=O)[C@@H](NC(=O)OC(C)(C)C)c2ccc(O)c(c2)Oc2cc(O)cc4c2)c2ccc(O)c(c2)-c2c(O)cc(O)cc21. The van der Waals surface area contributed by atoms with E-state index in [9.17, 15) is 49.8 Å². The van der Waals surface area contributed by atoms with Crippen LogP contribution in [0.2, 0.25) is 10.0 Å². The summed E-state index contributed by atoms with van der Waals surface area (Å²) in [4.78, 5) is 135. The number of phenolic OH excluding ortho intramolecular Hbond substituents is 5. The number of fused-ring (bicyclic) bond motifs is 14. The lowest BCUT2D eigenvalue weighted by molar-refractivity contribution is -0.137. The lowest BCUT2D eigenvalue weighted by Crippen LogP contribution is -2.56. The van der Waals surface area contributed by atoms with Crippen molar-refractivity contribution in [3.63, 3.8) is 0 Å². The number of nitrogens with two attached hydrogens (primary N) is 1. The van der Waals surface area contributed by atoms with E-state index in [-0.39, 0.29) is 122 Å². The second-order valence-electron chi connectivity index (χ2n) is 27.4. The highest BCUT2D eigenvalue weighted by molar-refractivity contribution is 6.32. The van der Waals surface area contributed by atoms with Crippen molar-refractivity contribution in [2.24, 2.45) is 5.73 Å². The lowest BCUT2D eigenvalue weighted by atomic mass is 9.89. The van der Waals surface area contributed by atoms with Crippen molar-refractivity contribution in [3.8, 4) is 80.1 Å². The molecule has 8 atom stereocenters. The molecule has 6 heterocycles. The zero-order chi connectivity index (χ0) is 77.8. The summed E-state index contributed by atoms with van der Waals surface area (Å²) in [5.74, 6) is -13.5. The number of carbonyl (C=O) groups excluding carboxylic acids is 9. The normalized spacial score (nSPS) is 19.9. The fourth-order valence-electron chi connectivity index (χ4n) is 12.1. The number of rotatable bonds is 11. The number of aliphatic hydroxyl groups is 1. The van der Waals surface area contributed by atoms with E-state index in [2.05, 4.69) is 53.2 Å². The maximum Gasteiger partial charge on any atom is 0.408 e. The molecule has 6 aliphatic rings. The quantitative estimate of drug-likeness (QED) is 0.0629. The molecule has 568 valence electrons.